The van der Waals surface area contributed by atoms with Crippen molar-refractivity contribution >= 4 is 27.4 Å². The first-order chi connectivity index (χ1) is 16.2. The van der Waals surface area contributed by atoms with Crippen LogP contribution in [0.1, 0.15) is 21.7 Å². The number of rotatable bonds is 8. The molecule has 5 rings (SSSR count). The molecule has 2 aromatic carbocycles. The van der Waals surface area contributed by atoms with Crippen LogP contribution < -0.4 is 9.64 Å². The predicted molar refractivity (Wildman–Crippen MR) is 132 cm³/mol. The fraction of sp³-hybridized carbons (Fsp3) is 0.360. The van der Waals surface area contributed by atoms with Crippen LogP contribution in [0.5, 0.6) is 5.75 Å². The molecule has 1 saturated heterocycles. The number of H-pyrrole nitrogens is 1. The van der Waals surface area contributed by atoms with Crippen LogP contribution in [0.3, 0.4) is 0 Å². The summed E-state index contributed by atoms with van der Waals surface area (Å²) in [6.45, 7) is 8.13. The van der Waals surface area contributed by atoms with E-state index in [1.165, 1.54) is 16.0 Å². The van der Waals surface area contributed by atoms with Gasteiger partial charge < -0.3 is 14.4 Å². The zero-order valence-corrected chi connectivity index (χ0v) is 19.9. The van der Waals surface area contributed by atoms with Gasteiger partial charge in [-0.3, -0.25) is 10.00 Å². The van der Waals surface area contributed by atoms with Crippen molar-refractivity contribution < 1.29 is 9.47 Å². The molecule has 0 saturated carbocycles. The number of fused-ring (bicyclic) bond motifs is 1. The SMILES string of the molecule is COc1cccc(CN(Cc2ccc3cn[nH]c3c2)c2nc(C)c(CN3CCOCC3)s2)c1. The molecule has 0 aliphatic carbocycles. The summed E-state index contributed by atoms with van der Waals surface area (Å²) >= 11 is 1.80. The number of methoxy groups -OCH3 is 1. The molecule has 172 valence electrons. The Labute approximate surface area is 198 Å². The maximum Gasteiger partial charge on any atom is 0.186 e. The van der Waals surface area contributed by atoms with Gasteiger partial charge in [0.1, 0.15) is 5.75 Å². The summed E-state index contributed by atoms with van der Waals surface area (Å²) in [5.41, 5.74) is 4.58. The van der Waals surface area contributed by atoms with Crippen LogP contribution in [-0.2, 0) is 24.4 Å². The number of aromatic nitrogens is 3. The van der Waals surface area contributed by atoms with Crippen molar-refractivity contribution in [2.24, 2.45) is 0 Å². The Morgan fingerprint density at radius 3 is 2.76 bits per heavy atom. The first kappa shape index (κ1) is 21.9. The molecule has 8 heteroatoms. The number of hydrogen-bond acceptors (Lipinski definition) is 7. The van der Waals surface area contributed by atoms with Gasteiger partial charge in [0, 0.05) is 43.0 Å². The number of hydrogen-bond donors (Lipinski definition) is 1. The van der Waals surface area contributed by atoms with Gasteiger partial charge in [0.25, 0.3) is 0 Å². The third-order valence-electron chi connectivity index (χ3n) is 6.01. The second-order valence-corrected chi connectivity index (χ2v) is 9.45. The number of anilines is 1. The van der Waals surface area contributed by atoms with E-state index < -0.39 is 0 Å². The third-order valence-corrected chi connectivity index (χ3v) is 7.21. The number of nitrogens with zero attached hydrogens (tertiary/aromatic N) is 4. The quantitative estimate of drug-likeness (QED) is 0.418. The van der Waals surface area contributed by atoms with Crippen molar-refractivity contribution in [2.45, 2.75) is 26.6 Å². The lowest BCUT2D eigenvalue weighted by Gasteiger charge is -2.26. The Kier molecular flexibility index (Phi) is 6.57. The lowest BCUT2D eigenvalue weighted by atomic mass is 10.1. The standard InChI is InChI=1S/C25H29N5O2S/c1-18-24(17-29-8-10-32-11-9-29)33-25(27-18)30(15-19-4-3-5-22(12-19)31-2)16-20-6-7-21-14-26-28-23(21)13-20/h3-7,12-14H,8-11,15-17H2,1-2H3,(H,26,28). The number of aryl methyl sites for hydroxylation is 1. The zero-order chi connectivity index (χ0) is 22.6. The van der Waals surface area contributed by atoms with Gasteiger partial charge in [-0.25, -0.2) is 4.98 Å². The van der Waals surface area contributed by atoms with Gasteiger partial charge in [0.05, 0.1) is 37.7 Å². The van der Waals surface area contributed by atoms with E-state index in [0.717, 1.165) is 73.4 Å². The van der Waals surface area contributed by atoms with Crippen LogP contribution >= 0.6 is 11.3 Å². The summed E-state index contributed by atoms with van der Waals surface area (Å²) < 4.78 is 11.0. The van der Waals surface area contributed by atoms with Gasteiger partial charge in [-0.15, -0.1) is 11.3 Å². The zero-order valence-electron chi connectivity index (χ0n) is 19.1. The minimum absolute atomic E-state index is 0.752. The highest BCUT2D eigenvalue weighted by molar-refractivity contribution is 7.15. The monoisotopic (exact) mass is 463 g/mol. The number of ether oxygens (including phenoxy) is 2. The van der Waals surface area contributed by atoms with Crippen molar-refractivity contribution in [2.75, 3.05) is 38.3 Å². The van der Waals surface area contributed by atoms with Gasteiger partial charge in [0.2, 0.25) is 0 Å². The lowest BCUT2D eigenvalue weighted by molar-refractivity contribution is 0.0345. The van der Waals surface area contributed by atoms with Crippen molar-refractivity contribution in [1.82, 2.24) is 20.1 Å². The highest BCUT2D eigenvalue weighted by Crippen LogP contribution is 2.30. The van der Waals surface area contributed by atoms with E-state index in [1.54, 1.807) is 18.4 Å². The van der Waals surface area contributed by atoms with Gasteiger partial charge in [-0.2, -0.15) is 5.10 Å². The average molecular weight is 464 g/mol. The van der Waals surface area contributed by atoms with E-state index in [2.05, 4.69) is 57.3 Å². The largest absolute Gasteiger partial charge is 0.497 e. The van der Waals surface area contributed by atoms with Crippen molar-refractivity contribution in [3.8, 4) is 5.75 Å². The molecule has 1 fully saturated rings. The van der Waals surface area contributed by atoms with Crippen LogP contribution in [-0.4, -0.2) is 53.5 Å². The molecule has 0 atom stereocenters. The van der Waals surface area contributed by atoms with Gasteiger partial charge in [0.15, 0.2) is 5.13 Å². The van der Waals surface area contributed by atoms with E-state index >= 15 is 0 Å². The molecule has 0 bridgehead atoms. The number of nitrogens with one attached hydrogen (secondary N) is 1. The highest BCUT2D eigenvalue weighted by atomic mass is 32.1. The molecule has 7 nitrogen and oxygen atoms in total. The molecule has 0 amide bonds. The molecule has 0 spiro atoms. The molecule has 3 heterocycles. The van der Waals surface area contributed by atoms with Crippen LogP contribution in [0.15, 0.2) is 48.7 Å². The van der Waals surface area contributed by atoms with E-state index in [4.69, 9.17) is 14.5 Å². The van der Waals surface area contributed by atoms with Crippen LogP contribution in [0.4, 0.5) is 5.13 Å². The Morgan fingerprint density at radius 1 is 1.12 bits per heavy atom. The lowest BCUT2D eigenvalue weighted by Crippen LogP contribution is -2.35. The third kappa shape index (κ3) is 5.19. The van der Waals surface area contributed by atoms with Crippen molar-refractivity contribution in [1.29, 1.82) is 0 Å². The number of aromatic amines is 1. The molecule has 1 aliphatic rings. The topological polar surface area (TPSA) is 66.5 Å². The molecule has 2 aromatic heterocycles. The summed E-state index contributed by atoms with van der Waals surface area (Å²) in [6, 6.07) is 14.7. The minimum Gasteiger partial charge on any atom is -0.497 e. The predicted octanol–water partition coefficient (Wildman–Crippen LogP) is 4.38. The Bertz CT molecular complexity index is 1210. The van der Waals surface area contributed by atoms with E-state index in [0.29, 0.717) is 0 Å². The Morgan fingerprint density at radius 2 is 1.94 bits per heavy atom. The Balaban J connectivity index is 1.42. The molecule has 1 aliphatic heterocycles. The number of morpholine rings is 1. The fourth-order valence-electron chi connectivity index (χ4n) is 4.14. The second kappa shape index (κ2) is 9.91. The second-order valence-electron chi connectivity index (χ2n) is 8.39. The van der Waals surface area contributed by atoms with E-state index in [9.17, 15) is 0 Å². The fourth-order valence-corrected chi connectivity index (χ4v) is 5.24. The van der Waals surface area contributed by atoms with Crippen LogP contribution in [0.2, 0.25) is 0 Å². The van der Waals surface area contributed by atoms with Gasteiger partial charge in [-0.05, 0) is 36.2 Å². The van der Waals surface area contributed by atoms with Crippen molar-refractivity contribution in [3.05, 3.63) is 70.4 Å². The molecular weight excluding hydrogens is 434 g/mol. The molecule has 4 aromatic rings. The maximum atomic E-state index is 5.51. The summed E-state index contributed by atoms with van der Waals surface area (Å²) in [5, 5.41) is 9.41. The van der Waals surface area contributed by atoms with Gasteiger partial charge >= 0.3 is 0 Å². The minimum atomic E-state index is 0.752. The first-order valence-electron chi connectivity index (χ1n) is 11.2. The van der Waals surface area contributed by atoms with Gasteiger partial charge in [-0.1, -0.05) is 24.3 Å². The molecule has 33 heavy (non-hydrogen) atoms. The highest BCUT2D eigenvalue weighted by Gasteiger charge is 2.19. The molecule has 0 radical (unpaired) electrons. The summed E-state index contributed by atoms with van der Waals surface area (Å²) in [6.07, 6.45) is 1.86. The van der Waals surface area contributed by atoms with Crippen LogP contribution in [0, 0.1) is 6.92 Å². The normalized spacial score (nSPS) is 14.6. The maximum absolute atomic E-state index is 5.51. The van der Waals surface area contributed by atoms with Crippen LogP contribution in [0.25, 0.3) is 10.9 Å². The molecular formula is C25H29N5O2S. The first-order valence-corrected chi connectivity index (χ1v) is 12.1. The smallest absolute Gasteiger partial charge is 0.186 e. The molecule has 1 N–H and O–H groups in total. The van der Waals surface area contributed by atoms with E-state index in [1.807, 2.05) is 18.3 Å². The number of thiazole rings is 1. The molecule has 0 unspecified atom stereocenters. The average Bonchev–Trinajstić information content (AvgIpc) is 3.45. The summed E-state index contributed by atoms with van der Waals surface area (Å²) in [7, 11) is 1.71. The van der Waals surface area contributed by atoms with E-state index in [-0.39, 0.29) is 0 Å². The summed E-state index contributed by atoms with van der Waals surface area (Å²) in [4.78, 5) is 11.1. The Hall–Kier alpha value is -2.94. The van der Waals surface area contributed by atoms with Crippen molar-refractivity contribution in [3.63, 3.8) is 0 Å². The number of benzene rings is 2. The summed E-state index contributed by atoms with van der Waals surface area (Å²) in [5.74, 6) is 0.870.